The number of aromatic nitrogens is 2. The van der Waals surface area contributed by atoms with Gasteiger partial charge in [0.2, 0.25) is 0 Å². The monoisotopic (exact) mass is 435 g/mol. The average molecular weight is 435 g/mol. The van der Waals surface area contributed by atoms with Gasteiger partial charge in [-0.1, -0.05) is 45.0 Å². The SMILES string of the molecule is COC(=O)c1[nH]n(-c2ccc(C(C)(C)C)cc2)c(=O)c1C=Nc1cccc(C)c1C(=O)O. The molecule has 0 radical (unpaired) electrons. The summed E-state index contributed by atoms with van der Waals surface area (Å²) >= 11 is 0. The molecule has 0 aliphatic heterocycles. The molecule has 0 aliphatic rings. The topological polar surface area (TPSA) is 114 Å². The second kappa shape index (κ2) is 8.66. The Bertz CT molecular complexity index is 1260. The number of methoxy groups -OCH3 is 1. The Kier molecular flexibility index (Phi) is 6.16. The van der Waals surface area contributed by atoms with Crippen molar-refractivity contribution in [2.45, 2.75) is 33.1 Å². The Balaban J connectivity index is 2.12. The van der Waals surface area contributed by atoms with Gasteiger partial charge in [0.1, 0.15) is 0 Å². The number of ether oxygens (including phenoxy) is 1. The van der Waals surface area contributed by atoms with Gasteiger partial charge in [-0.15, -0.1) is 0 Å². The number of nitrogens with one attached hydrogen (secondary N) is 1. The third-order valence-electron chi connectivity index (χ3n) is 5.10. The Morgan fingerprint density at radius 3 is 2.34 bits per heavy atom. The van der Waals surface area contributed by atoms with E-state index in [1.54, 1.807) is 31.2 Å². The summed E-state index contributed by atoms with van der Waals surface area (Å²) in [4.78, 5) is 41.2. The fourth-order valence-electron chi connectivity index (χ4n) is 3.29. The number of carboxylic acid groups (broad SMARTS) is 1. The van der Waals surface area contributed by atoms with E-state index in [1.165, 1.54) is 24.1 Å². The average Bonchev–Trinajstić information content (AvgIpc) is 3.07. The van der Waals surface area contributed by atoms with E-state index >= 15 is 0 Å². The zero-order valence-corrected chi connectivity index (χ0v) is 18.6. The third kappa shape index (κ3) is 4.39. The van der Waals surface area contributed by atoms with E-state index in [2.05, 4.69) is 30.9 Å². The van der Waals surface area contributed by atoms with Crippen molar-refractivity contribution < 1.29 is 19.4 Å². The normalized spacial score (nSPS) is 11.7. The molecule has 0 amide bonds. The molecule has 32 heavy (non-hydrogen) atoms. The first-order valence-corrected chi connectivity index (χ1v) is 9.96. The van der Waals surface area contributed by atoms with Gasteiger partial charge in [0.05, 0.1) is 29.6 Å². The number of nitrogens with zero attached hydrogens (tertiary/aromatic N) is 2. The van der Waals surface area contributed by atoms with Crippen molar-refractivity contribution in [3.8, 4) is 5.69 Å². The summed E-state index contributed by atoms with van der Waals surface area (Å²) in [5.74, 6) is -1.87. The number of aromatic carboxylic acids is 1. The van der Waals surface area contributed by atoms with Crippen molar-refractivity contribution in [3.63, 3.8) is 0 Å². The predicted octanol–water partition coefficient (Wildman–Crippen LogP) is 4.01. The molecule has 3 aromatic rings. The number of carbonyl (C=O) groups is 2. The molecule has 0 fully saturated rings. The summed E-state index contributed by atoms with van der Waals surface area (Å²) in [6.45, 7) is 7.92. The Morgan fingerprint density at radius 1 is 1.12 bits per heavy atom. The van der Waals surface area contributed by atoms with E-state index in [4.69, 9.17) is 4.74 Å². The smallest absolute Gasteiger partial charge is 0.356 e. The van der Waals surface area contributed by atoms with Gasteiger partial charge in [0.25, 0.3) is 5.56 Å². The highest BCUT2D eigenvalue weighted by Gasteiger charge is 2.21. The van der Waals surface area contributed by atoms with Crippen molar-refractivity contribution >= 4 is 23.8 Å². The summed E-state index contributed by atoms with van der Waals surface area (Å²) in [6.07, 6.45) is 1.19. The van der Waals surface area contributed by atoms with Crippen LogP contribution in [0.1, 0.15) is 58.3 Å². The molecule has 0 unspecified atom stereocenters. The minimum atomic E-state index is -1.13. The standard InChI is InChI=1S/C24H25N3O5/c1-14-7-6-8-18(19(14)22(29)30)25-13-17-20(23(31)32-5)26-27(21(17)28)16-11-9-15(10-12-16)24(2,3)4/h6-13,26H,1-5H3,(H,29,30). The lowest BCUT2D eigenvalue weighted by Crippen LogP contribution is -2.18. The number of aliphatic imine (C=N–C) groups is 1. The zero-order chi connectivity index (χ0) is 23.6. The van der Waals surface area contributed by atoms with E-state index < -0.39 is 17.5 Å². The van der Waals surface area contributed by atoms with Crippen LogP contribution in [-0.4, -0.2) is 40.2 Å². The van der Waals surface area contributed by atoms with E-state index in [0.717, 1.165) is 5.56 Å². The lowest BCUT2D eigenvalue weighted by molar-refractivity contribution is 0.0592. The van der Waals surface area contributed by atoms with Gasteiger partial charge in [0.15, 0.2) is 5.69 Å². The number of esters is 1. The molecule has 1 aromatic heterocycles. The van der Waals surface area contributed by atoms with Crippen molar-refractivity contribution in [3.05, 3.63) is 80.8 Å². The maximum absolute atomic E-state index is 13.1. The molecule has 0 spiro atoms. The highest BCUT2D eigenvalue weighted by atomic mass is 16.5. The Labute approximate surface area is 185 Å². The molecule has 2 aromatic carbocycles. The number of hydrogen-bond acceptors (Lipinski definition) is 5. The van der Waals surface area contributed by atoms with Crippen molar-refractivity contribution in [2.75, 3.05) is 7.11 Å². The summed E-state index contributed by atoms with van der Waals surface area (Å²) in [6, 6.07) is 12.3. The summed E-state index contributed by atoms with van der Waals surface area (Å²) in [5.41, 5.74) is 1.69. The first-order chi connectivity index (χ1) is 15.0. The van der Waals surface area contributed by atoms with Crippen LogP contribution in [0.2, 0.25) is 0 Å². The van der Waals surface area contributed by atoms with Crippen LogP contribution in [-0.2, 0) is 10.2 Å². The van der Waals surface area contributed by atoms with Gasteiger partial charge in [0, 0.05) is 6.21 Å². The number of hydrogen-bond donors (Lipinski definition) is 2. The molecular weight excluding hydrogens is 410 g/mol. The molecule has 0 atom stereocenters. The number of rotatable bonds is 5. The van der Waals surface area contributed by atoms with Crippen LogP contribution < -0.4 is 5.56 Å². The molecule has 0 saturated heterocycles. The van der Waals surface area contributed by atoms with Crippen LogP contribution in [0, 0.1) is 6.92 Å². The lowest BCUT2D eigenvalue weighted by Gasteiger charge is -2.19. The van der Waals surface area contributed by atoms with Crippen LogP contribution in [0.5, 0.6) is 0 Å². The van der Waals surface area contributed by atoms with Crippen molar-refractivity contribution in [1.29, 1.82) is 0 Å². The quantitative estimate of drug-likeness (QED) is 0.464. The number of H-pyrrole nitrogens is 1. The minimum Gasteiger partial charge on any atom is -0.478 e. The molecule has 0 bridgehead atoms. The predicted molar refractivity (Wildman–Crippen MR) is 122 cm³/mol. The van der Waals surface area contributed by atoms with E-state index in [1.807, 2.05) is 12.1 Å². The summed E-state index contributed by atoms with van der Waals surface area (Å²) in [5, 5.41) is 12.3. The van der Waals surface area contributed by atoms with Gasteiger partial charge in [-0.25, -0.2) is 14.3 Å². The number of benzene rings is 2. The molecule has 8 nitrogen and oxygen atoms in total. The molecule has 2 N–H and O–H groups in total. The zero-order valence-electron chi connectivity index (χ0n) is 18.6. The molecule has 3 rings (SSSR count). The van der Waals surface area contributed by atoms with E-state index in [0.29, 0.717) is 11.3 Å². The summed E-state index contributed by atoms with van der Waals surface area (Å²) < 4.78 is 6.03. The number of carbonyl (C=O) groups excluding carboxylic acids is 1. The first-order valence-electron chi connectivity index (χ1n) is 9.96. The number of aryl methyl sites for hydroxylation is 1. The van der Waals surface area contributed by atoms with Gasteiger partial charge in [-0.2, -0.15) is 0 Å². The van der Waals surface area contributed by atoms with Crippen LogP contribution >= 0.6 is 0 Å². The lowest BCUT2D eigenvalue weighted by atomic mass is 9.87. The second-order valence-electron chi connectivity index (χ2n) is 8.36. The van der Waals surface area contributed by atoms with Crippen molar-refractivity contribution in [2.24, 2.45) is 4.99 Å². The Morgan fingerprint density at radius 2 is 1.78 bits per heavy atom. The van der Waals surface area contributed by atoms with Gasteiger partial charge in [-0.3, -0.25) is 14.9 Å². The maximum Gasteiger partial charge on any atom is 0.356 e. The number of aromatic amines is 1. The minimum absolute atomic E-state index is 0.0250. The van der Waals surface area contributed by atoms with E-state index in [-0.39, 0.29) is 27.9 Å². The molecule has 0 aliphatic carbocycles. The van der Waals surface area contributed by atoms with Crippen LogP contribution in [0.4, 0.5) is 5.69 Å². The van der Waals surface area contributed by atoms with Gasteiger partial charge < -0.3 is 9.84 Å². The van der Waals surface area contributed by atoms with Gasteiger partial charge >= 0.3 is 11.9 Å². The maximum atomic E-state index is 13.1. The first kappa shape index (κ1) is 22.7. The molecule has 8 heteroatoms. The third-order valence-corrected chi connectivity index (χ3v) is 5.10. The van der Waals surface area contributed by atoms with E-state index in [9.17, 15) is 19.5 Å². The molecule has 166 valence electrons. The van der Waals surface area contributed by atoms with Crippen LogP contribution in [0.15, 0.2) is 52.3 Å². The highest BCUT2D eigenvalue weighted by Crippen LogP contribution is 2.24. The molecular formula is C24H25N3O5. The van der Waals surface area contributed by atoms with Crippen LogP contribution in [0.25, 0.3) is 5.69 Å². The second-order valence-corrected chi connectivity index (χ2v) is 8.36. The van der Waals surface area contributed by atoms with Crippen molar-refractivity contribution in [1.82, 2.24) is 9.78 Å². The van der Waals surface area contributed by atoms with Gasteiger partial charge in [-0.05, 0) is 41.7 Å². The molecule has 0 saturated carbocycles. The fraction of sp³-hybridized carbons (Fsp3) is 0.250. The fourth-order valence-corrected chi connectivity index (χ4v) is 3.29. The number of carboxylic acids is 1. The molecule has 1 heterocycles. The highest BCUT2D eigenvalue weighted by molar-refractivity contribution is 6.00. The Hall–Kier alpha value is -3.94. The van der Waals surface area contributed by atoms with Crippen LogP contribution in [0.3, 0.4) is 0 Å². The largest absolute Gasteiger partial charge is 0.478 e. The summed E-state index contributed by atoms with van der Waals surface area (Å²) in [7, 11) is 1.21.